The number of hydrogen-bond donors (Lipinski definition) is 0. The van der Waals surface area contributed by atoms with Crippen molar-refractivity contribution < 1.29 is 4.57 Å². The van der Waals surface area contributed by atoms with Crippen LogP contribution < -0.4 is 4.57 Å². The summed E-state index contributed by atoms with van der Waals surface area (Å²) in [6, 6.07) is 11.5. The standard InChI is InChI=1S/C28H29N2S/c1-15-10-18(4)24(19(5)11-15)27-21(7)25-22(13-29)14-30(8)26(28(25)31-27)23-12-16(2)9-17(3)20(23)6/h9-12,14H,1-8H3/q+1. The average Bonchev–Trinajstić information content (AvgIpc) is 3.00. The summed E-state index contributed by atoms with van der Waals surface area (Å²) in [6.07, 6.45) is 1.99. The Labute approximate surface area is 189 Å². The van der Waals surface area contributed by atoms with Gasteiger partial charge in [0.15, 0.2) is 6.20 Å². The molecule has 2 heterocycles. The molecule has 156 valence electrons. The molecule has 0 saturated carbocycles. The first kappa shape index (κ1) is 21.3. The van der Waals surface area contributed by atoms with Gasteiger partial charge in [0.1, 0.15) is 23.4 Å². The van der Waals surface area contributed by atoms with Crippen molar-refractivity contribution in [3.8, 4) is 27.8 Å². The topological polar surface area (TPSA) is 27.7 Å². The van der Waals surface area contributed by atoms with Gasteiger partial charge in [-0.1, -0.05) is 29.3 Å². The number of benzene rings is 2. The zero-order valence-corrected chi connectivity index (χ0v) is 20.5. The summed E-state index contributed by atoms with van der Waals surface area (Å²) < 4.78 is 3.33. The Morgan fingerprint density at radius 2 is 1.39 bits per heavy atom. The first-order valence-corrected chi connectivity index (χ1v) is 11.5. The van der Waals surface area contributed by atoms with Gasteiger partial charge in [-0.3, -0.25) is 0 Å². The van der Waals surface area contributed by atoms with Crippen molar-refractivity contribution in [1.82, 2.24) is 0 Å². The molecule has 0 bridgehead atoms. The quantitative estimate of drug-likeness (QED) is 0.315. The molecular formula is C28H29N2S+. The van der Waals surface area contributed by atoms with E-state index in [-0.39, 0.29) is 0 Å². The highest BCUT2D eigenvalue weighted by Crippen LogP contribution is 2.45. The van der Waals surface area contributed by atoms with Crippen LogP contribution in [0.1, 0.15) is 44.5 Å². The summed E-state index contributed by atoms with van der Waals surface area (Å²) in [7, 11) is 2.06. The van der Waals surface area contributed by atoms with Crippen molar-refractivity contribution in [3.63, 3.8) is 0 Å². The fraction of sp³-hybridized carbons (Fsp3) is 0.286. The lowest BCUT2D eigenvalue weighted by molar-refractivity contribution is -0.659. The van der Waals surface area contributed by atoms with Crippen molar-refractivity contribution in [1.29, 1.82) is 5.26 Å². The minimum absolute atomic E-state index is 0.741. The van der Waals surface area contributed by atoms with E-state index in [1.165, 1.54) is 65.3 Å². The Morgan fingerprint density at radius 1 is 0.806 bits per heavy atom. The summed E-state index contributed by atoms with van der Waals surface area (Å²) in [5, 5.41) is 11.0. The second-order valence-electron chi connectivity index (χ2n) is 8.90. The third-order valence-electron chi connectivity index (χ3n) is 6.40. The number of pyridine rings is 1. The number of rotatable bonds is 2. The molecule has 3 heteroatoms. The van der Waals surface area contributed by atoms with Crippen LogP contribution in [0, 0.1) is 59.8 Å². The summed E-state index contributed by atoms with van der Waals surface area (Å²) in [6.45, 7) is 15.2. The third kappa shape index (κ3) is 3.36. The molecule has 0 N–H and O–H groups in total. The van der Waals surface area contributed by atoms with Crippen LogP contribution >= 0.6 is 11.3 Å². The van der Waals surface area contributed by atoms with Crippen molar-refractivity contribution in [2.45, 2.75) is 48.5 Å². The van der Waals surface area contributed by atoms with Gasteiger partial charge in [-0.15, -0.1) is 11.3 Å². The number of nitrogens with zero attached hydrogens (tertiary/aromatic N) is 2. The van der Waals surface area contributed by atoms with Crippen LogP contribution in [-0.4, -0.2) is 0 Å². The summed E-state index contributed by atoms with van der Waals surface area (Å²) in [5.41, 5.74) is 13.4. The van der Waals surface area contributed by atoms with Gasteiger partial charge in [0, 0.05) is 10.3 Å². The minimum atomic E-state index is 0.741. The molecule has 31 heavy (non-hydrogen) atoms. The largest absolute Gasteiger partial charge is 0.230 e. The Hall–Kier alpha value is -2.96. The number of aromatic nitrogens is 1. The van der Waals surface area contributed by atoms with Crippen LogP contribution in [-0.2, 0) is 7.05 Å². The molecule has 0 unspecified atom stereocenters. The van der Waals surface area contributed by atoms with E-state index < -0.39 is 0 Å². The van der Waals surface area contributed by atoms with E-state index in [1.807, 2.05) is 17.5 Å². The molecule has 0 aliphatic carbocycles. The lowest BCUT2D eigenvalue weighted by Crippen LogP contribution is -2.31. The number of hydrogen-bond acceptors (Lipinski definition) is 2. The zero-order valence-electron chi connectivity index (χ0n) is 19.7. The molecule has 0 saturated heterocycles. The van der Waals surface area contributed by atoms with Gasteiger partial charge in [-0.25, -0.2) is 0 Å². The van der Waals surface area contributed by atoms with Crippen molar-refractivity contribution >= 4 is 21.4 Å². The Bertz CT molecular complexity index is 1390. The number of thiophene rings is 1. The normalized spacial score (nSPS) is 11.2. The van der Waals surface area contributed by atoms with E-state index in [0.717, 1.165) is 10.9 Å². The molecule has 0 aliphatic heterocycles. The molecule has 0 aliphatic rings. The van der Waals surface area contributed by atoms with Gasteiger partial charge in [0.05, 0.1) is 5.56 Å². The van der Waals surface area contributed by atoms with E-state index in [0.29, 0.717) is 0 Å². The van der Waals surface area contributed by atoms with E-state index in [9.17, 15) is 5.26 Å². The minimum Gasteiger partial charge on any atom is -0.198 e. The van der Waals surface area contributed by atoms with Crippen molar-refractivity contribution in [2.75, 3.05) is 0 Å². The fourth-order valence-corrected chi connectivity index (χ4v) is 6.55. The molecule has 0 amide bonds. The van der Waals surface area contributed by atoms with Gasteiger partial charge in [-0.05, 0) is 87.9 Å². The van der Waals surface area contributed by atoms with E-state index >= 15 is 0 Å². The maximum atomic E-state index is 9.96. The maximum absolute atomic E-state index is 9.96. The monoisotopic (exact) mass is 425 g/mol. The van der Waals surface area contributed by atoms with E-state index in [1.54, 1.807) is 0 Å². The van der Waals surface area contributed by atoms with Gasteiger partial charge >= 0.3 is 0 Å². The predicted molar refractivity (Wildman–Crippen MR) is 132 cm³/mol. The molecule has 0 atom stereocenters. The van der Waals surface area contributed by atoms with E-state index in [4.69, 9.17) is 0 Å². The zero-order chi connectivity index (χ0) is 22.6. The lowest BCUT2D eigenvalue weighted by Gasteiger charge is -2.10. The van der Waals surface area contributed by atoms with Gasteiger partial charge in [0.25, 0.3) is 0 Å². The van der Waals surface area contributed by atoms with Crippen molar-refractivity contribution in [2.24, 2.45) is 7.05 Å². The summed E-state index contributed by atoms with van der Waals surface area (Å²) in [5.74, 6) is 0. The lowest BCUT2D eigenvalue weighted by atomic mass is 9.94. The van der Waals surface area contributed by atoms with E-state index in [2.05, 4.69) is 90.4 Å². The molecule has 4 aromatic rings. The molecule has 2 aromatic heterocycles. The van der Waals surface area contributed by atoms with Gasteiger partial charge in [-0.2, -0.15) is 9.83 Å². The molecule has 0 spiro atoms. The summed E-state index contributed by atoms with van der Waals surface area (Å²) in [4.78, 5) is 1.27. The average molecular weight is 426 g/mol. The molecule has 0 radical (unpaired) electrons. The highest BCUT2D eigenvalue weighted by Gasteiger charge is 2.27. The van der Waals surface area contributed by atoms with Gasteiger partial charge < -0.3 is 0 Å². The van der Waals surface area contributed by atoms with Crippen molar-refractivity contribution in [3.05, 3.63) is 75.0 Å². The second-order valence-corrected chi connectivity index (χ2v) is 9.92. The SMILES string of the molecule is Cc1cc(C)c(-c2sc3c(-c4cc(C)cc(C)c4C)[n+](C)cc(C#N)c3c2C)c(C)c1. The van der Waals surface area contributed by atoms with Crippen LogP contribution in [0.3, 0.4) is 0 Å². The summed E-state index contributed by atoms with van der Waals surface area (Å²) >= 11 is 1.82. The number of aryl methyl sites for hydroxylation is 7. The fourth-order valence-electron chi connectivity index (χ4n) is 4.95. The molecule has 0 fully saturated rings. The smallest absolute Gasteiger partial charge is 0.198 e. The van der Waals surface area contributed by atoms with Crippen LogP contribution in [0.25, 0.3) is 31.8 Å². The first-order chi connectivity index (χ1) is 14.6. The number of nitriles is 1. The highest BCUT2D eigenvalue weighted by molar-refractivity contribution is 7.23. The Morgan fingerprint density at radius 3 is 2.00 bits per heavy atom. The van der Waals surface area contributed by atoms with Crippen LogP contribution in [0.15, 0.2) is 30.5 Å². The second kappa shape index (κ2) is 7.62. The third-order valence-corrected chi connectivity index (χ3v) is 7.71. The first-order valence-electron chi connectivity index (χ1n) is 10.7. The Balaban J connectivity index is 2.17. The molecule has 2 aromatic carbocycles. The van der Waals surface area contributed by atoms with Crippen LogP contribution in [0.4, 0.5) is 0 Å². The Kier molecular flexibility index (Phi) is 5.23. The predicted octanol–water partition coefficient (Wildman–Crippen LogP) is 7.09. The maximum Gasteiger partial charge on any atom is 0.230 e. The van der Waals surface area contributed by atoms with Gasteiger partial charge in [0.2, 0.25) is 5.69 Å². The van der Waals surface area contributed by atoms with Crippen LogP contribution in [0.2, 0.25) is 0 Å². The highest BCUT2D eigenvalue weighted by atomic mass is 32.1. The molecule has 4 rings (SSSR count). The van der Waals surface area contributed by atoms with Crippen LogP contribution in [0.5, 0.6) is 0 Å². The molecule has 2 nitrogen and oxygen atoms in total. The molecular weight excluding hydrogens is 396 g/mol. The number of fused-ring (bicyclic) bond motifs is 1.